The van der Waals surface area contributed by atoms with Gasteiger partial charge in [0.1, 0.15) is 5.75 Å². The van der Waals surface area contributed by atoms with Crippen molar-refractivity contribution < 1.29 is 9.84 Å². The molecule has 0 aliphatic rings. The summed E-state index contributed by atoms with van der Waals surface area (Å²) in [7, 11) is 3.60. The lowest BCUT2D eigenvalue weighted by atomic mass is 10.2. The lowest BCUT2D eigenvalue weighted by molar-refractivity contribution is 0.335. The third-order valence-corrected chi connectivity index (χ3v) is 2.64. The Balaban J connectivity index is 0.00000172. The van der Waals surface area contributed by atoms with Crippen LogP contribution in [0.3, 0.4) is 0 Å². The summed E-state index contributed by atoms with van der Waals surface area (Å²) in [4.78, 5) is 6.45. The second kappa shape index (κ2) is 10.0. The monoisotopic (exact) mass is 278 g/mol. The van der Waals surface area contributed by atoms with Crippen molar-refractivity contribution in [3.05, 3.63) is 36.4 Å². The Hall–Kier alpha value is -1.81. The van der Waals surface area contributed by atoms with Crippen LogP contribution in [0, 0.1) is 0 Å². The van der Waals surface area contributed by atoms with Gasteiger partial charge in [0.05, 0.1) is 19.4 Å². The maximum atomic E-state index is 9.22. The number of methoxy groups -OCH3 is 1. The molecule has 0 unspecified atom stereocenters. The van der Waals surface area contributed by atoms with Crippen LogP contribution in [0.4, 0.5) is 0 Å². The minimum atomic E-state index is 0.230. The molecule has 0 fully saturated rings. The van der Waals surface area contributed by atoms with E-state index in [0.29, 0.717) is 18.1 Å². The zero-order chi connectivity index (χ0) is 15.5. The highest BCUT2D eigenvalue weighted by molar-refractivity contribution is 5.84. The van der Waals surface area contributed by atoms with Gasteiger partial charge < -0.3 is 9.84 Å². The first-order valence-electron chi connectivity index (χ1n) is 6.85. The predicted octanol–water partition coefficient (Wildman–Crippen LogP) is 3.39. The molecule has 0 aliphatic carbocycles. The van der Waals surface area contributed by atoms with Gasteiger partial charge in [-0.1, -0.05) is 27.4 Å². The molecule has 4 nitrogen and oxygen atoms in total. The lowest BCUT2D eigenvalue weighted by Crippen LogP contribution is -2.26. The number of rotatable bonds is 5. The van der Waals surface area contributed by atoms with Crippen molar-refractivity contribution in [3.8, 4) is 5.75 Å². The van der Waals surface area contributed by atoms with E-state index in [-0.39, 0.29) is 5.75 Å². The molecule has 20 heavy (non-hydrogen) atoms. The average molecular weight is 278 g/mol. The summed E-state index contributed by atoms with van der Waals surface area (Å²) in [5.41, 5.74) is 1.48. The van der Waals surface area contributed by atoms with Gasteiger partial charge in [-0.3, -0.25) is 4.90 Å². The number of likely N-dealkylation sites (N-methyl/N-ethyl adjacent to an activating group) is 1. The van der Waals surface area contributed by atoms with Gasteiger partial charge in [0.25, 0.3) is 0 Å². The molecule has 0 amide bonds. The maximum Gasteiger partial charge on any atom is 0.202 e. The van der Waals surface area contributed by atoms with Crippen molar-refractivity contribution in [2.45, 2.75) is 20.8 Å². The summed E-state index contributed by atoms with van der Waals surface area (Å²) < 4.78 is 5.24. The number of ether oxygens (including phenoxy) is 1. The van der Waals surface area contributed by atoms with Crippen molar-refractivity contribution in [2.24, 2.45) is 4.99 Å². The maximum absolute atomic E-state index is 9.22. The Morgan fingerprint density at radius 3 is 2.30 bits per heavy atom. The molecular weight excluding hydrogens is 252 g/mol. The third-order valence-electron chi connectivity index (χ3n) is 2.64. The van der Waals surface area contributed by atoms with Gasteiger partial charge in [-0.15, -0.1) is 0 Å². The molecule has 1 N–H and O–H groups in total. The van der Waals surface area contributed by atoms with Crippen molar-refractivity contribution in [3.63, 3.8) is 0 Å². The van der Waals surface area contributed by atoms with E-state index >= 15 is 0 Å². The fourth-order valence-corrected chi connectivity index (χ4v) is 1.36. The second-order valence-electron chi connectivity index (χ2n) is 4.03. The average Bonchev–Trinajstić information content (AvgIpc) is 2.48. The molecule has 0 saturated carbocycles. The van der Waals surface area contributed by atoms with Crippen molar-refractivity contribution in [1.29, 1.82) is 0 Å². The SMILES string of the molecule is C=C(N=C(CN(C)CC)OC)c1ccc(O)cc1.CC. The van der Waals surface area contributed by atoms with Gasteiger partial charge in [-0.2, -0.15) is 0 Å². The second-order valence-corrected chi connectivity index (χ2v) is 4.03. The summed E-state index contributed by atoms with van der Waals surface area (Å²) in [6, 6.07) is 6.78. The van der Waals surface area contributed by atoms with Crippen LogP contribution < -0.4 is 0 Å². The standard InChI is InChI=1S/C14H20N2O2.C2H6/c1-5-16(3)10-14(18-4)15-11(2)12-6-8-13(17)9-7-12;1-2/h6-9,17H,2,5,10H2,1,3-4H3;1-2H3. The van der Waals surface area contributed by atoms with Crippen LogP contribution in [-0.4, -0.2) is 43.2 Å². The number of aromatic hydroxyl groups is 1. The van der Waals surface area contributed by atoms with Crippen LogP contribution in [0.15, 0.2) is 35.8 Å². The van der Waals surface area contributed by atoms with Crippen LogP contribution in [0.1, 0.15) is 26.3 Å². The molecule has 1 aromatic rings. The molecule has 0 radical (unpaired) electrons. The highest BCUT2D eigenvalue weighted by atomic mass is 16.5. The Morgan fingerprint density at radius 2 is 1.85 bits per heavy atom. The molecule has 0 bridgehead atoms. The Kier molecular flexibility index (Phi) is 9.13. The van der Waals surface area contributed by atoms with E-state index in [1.165, 1.54) is 0 Å². The molecule has 0 spiro atoms. The fraction of sp³-hybridized carbons (Fsp3) is 0.438. The Labute approximate surface area is 122 Å². The molecule has 112 valence electrons. The molecule has 0 aromatic heterocycles. The van der Waals surface area contributed by atoms with Gasteiger partial charge in [-0.05, 0) is 43.4 Å². The Morgan fingerprint density at radius 1 is 1.30 bits per heavy atom. The van der Waals surface area contributed by atoms with E-state index in [1.54, 1.807) is 31.4 Å². The minimum absolute atomic E-state index is 0.230. The van der Waals surface area contributed by atoms with Crippen molar-refractivity contribution >= 4 is 11.6 Å². The smallest absolute Gasteiger partial charge is 0.202 e. The summed E-state index contributed by atoms with van der Waals surface area (Å²) >= 11 is 0. The van der Waals surface area contributed by atoms with E-state index in [0.717, 1.165) is 12.1 Å². The number of hydrogen-bond acceptors (Lipinski definition) is 4. The van der Waals surface area contributed by atoms with Crippen LogP contribution >= 0.6 is 0 Å². The normalized spacial score (nSPS) is 10.8. The van der Waals surface area contributed by atoms with Crippen LogP contribution in [0.5, 0.6) is 5.75 Å². The zero-order valence-electron chi connectivity index (χ0n) is 13.2. The number of phenolic OH excluding ortho intramolecular Hbond substituents is 1. The van der Waals surface area contributed by atoms with Crippen LogP contribution in [0.2, 0.25) is 0 Å². The largest absolute Gasteiger partial charge is 0.508 e. The third kappa shape index (κ3) is 6.38. The molecular formula is C16H26N2O2. The number of aliphatic imine (C=N–C) groups is 1. The van der Waals surface area contributed by atoms with Gasteiger partial charge in [0.2, 0.25) is 5.90 Å². The number of phenols is 1. The number of hydrogen-bond donors (Lipinski definition) is 1. The van der Waals surface area contributed by atoms with Crippen molar-refractivity contribution in [1.82, 2.24) is 4.90 Å². The summed E-state index contributed by atoms with van der Waals surface area (Å²) in [5, 5.41) is 9.22. The fourth-order valence-electron chi connectivity index (χ4n) is 1.36. The summed E-state index contributed by atoms with van der Waals surface area (Å²) in [5.74, 6) is 0.852. The molecule has 1 rings (SSSR count). The predicted molar refractivity (Wildman–Crippen MR) is 86.1 cm³/mol. The van der Waals surface area contributed by atoms with E-state index < -0.39 is 0 Å². The first-order valence-corrected chi connectivity index (χ1v) is 6.85. The van der Waals surface area contributed by atoms with E-state index in [2.05, 4.69) is 23.4 Å². The van der Waals surface area contributed by atoms with Crippen LogP contribution in [-0.2, 0) is 4.74 Å². The highest BCUT2D eigenvalue weighted by Crippen LogP contribution is 2.17. The van der Waals surface area contributed by atoms with Gasteiger partial charge >= 0.3 is 0 Å². The van der Waals surface area contributed by atoms with Gasteiger partial charge in [0.15, 0.2) is 0 Å². The summed E-state index contributed by atoms with van der Waals surface area (Å²) in [6.45, 7) is 11.5. The van der Waals surface area contributed by atoms with Gasteiger partial charge in [0, 0.05) is 0 Å². The Bertz CT molecular complexity index is 425. The highest BCUT2D eigenvalue weighted by Gasteiger charge is 2.05. The lowest BCUT2D eigenvalue weighted by Gasteiger charge is -2.14. The zero-order valence-corrected chi connectivity index (χ0v) is 13.2. The molecule has 0 atom stereocenters. The van der Waals surface area contributed by atoms with Crippen LogP contribution in [0.25, 0.3) is 5.70 Å². The number of benzene rings is 1. The van der Waals surface area contributed by atoms with E-state index in [4.69, 9.17) is 4.74 Å². The molecule has 0 saturated heterocycles. The topological polar surface area (TPSA) is 45.1 Å². The summed E-state index contributed by atoms with van der Waals surface area (Å²) in [6.07, 6.45) is 0. The van der Waals surface area contributed by atoms with E-state index in [9.17, 15) is 5.11 Å². The quantitative estimate of drug-likeness (QED) is 0.663. The first kappa shape index (κ1) is 18.2. The van der Waals surface area contributed by atoms with Crippen molar-refractivity contribution in [2.75, 3.05) is 27.2 Å². The van der Waals surface area contributed by atoms with Gasteiger partial charge in [-0.25, -0.2) is 4.99 Å². The molecule has 0 heterocycles. The minimum Gasteiger partial charge on any atom is -0.508 e. The molecule has 0 aliphatic heterocycles. The molecule has 4 heteroatoms. The molecule has 1 aromatic carbocycles. The first-order chi connectivity index (χ1) is 9.56. The van der Waals surface area contributed by atoms with E-state index in [1.807, 2.05) is 20.9 Å². The number of nitrogens with zero attached hydrogens (tertiary/aromatic N) is 2.